The summed E-state index contributed by atoms with van der Waals surface area (Å²) in [5.41, 5.74) is 0.970. The van der Waals surface area contributed by atoms with Gasteiger partial charge in [-0.1, -0.05) is 19.1 Å². The molecule has 0 aromatic heterocycles. The van der Waals surface area contributed by atoms with Gasteiger partial charge in [0, 0.05) is 32.2 Å². The molecule has 0 amide bonds. The first-order chi connectivity index (χ1) is 10.4. The maximum absolute atomic E-state index is 12.9. The van der Waals surface area contributed by atoms with Crippen molar-refractivity contribution in [3.05, 3.63) is 29.8 Å². The van der Waals surface area contributed by atoms with Crippen molar-refractivity contribution >= 4 is 24.8 Å². The Morgan fingerprint density at radius 2 is 1.67 bits per heavy atom. The zero-order valence-electron chi connectivity index (χ0n) is 13.2. The highest BCUT2D eigenvalue weighted by Crippen LogP contribution is 2.30. The van der Waals surface area contributed by atoms with E-state index in [0.29, 0.717) is 0 Å². The van der Waals surface area contributed by atoms with Crippen molar-refractivity contribution in [2.24, 2.45) is 0 Å². The van der Waals surface area contributed by atoms with Gasteiger partial charge in [-0.2, -0.15) is 17.6 Å². The third-order valence-corrected chi connectivity index (χ3v) is 3.75. The number of nitrogens with one attached hydrogen (secondary N) is 1. The molecule has 1 heterocycles. The van der Waals surface area contributed by atoms with Crippen LogP contribution < -0.4 is 10.1 Å². The summed E-state index contributed by atoms with van der Waals surface area (Å²) in [5, 5.41) is 3.27. The van der Waals surface area contributed by atoms with Gasteiger partial charge in [0.25, 0.3) is 0 Å². The number of alkyl halides is 4. The molecule has 3 nitrogen and oxygen atoms in total. The van der Waals surface area contributed by atoms with Crippen molar-refractivity contribution in [2.45, 2.75) is 31.9 Å². The van der Waals surface area contributed by atoms with Crippen molar-refractivity contribution in [3.63, 3.8) is 0 Å². The van der Waals surface area contributed by atoms with E-state index in [0.717, 1.165) is 38.2 Å². The highest BCUT2D eigenvalue weighted by Gasteiger charge is 2.43. The Morgan fingerprint density at radius 1 is 1.12 bits per heavy atom. The molecule has 0 radical (unpaired) electrons. The van der Waals surface area contributed by atoms with Crippen LogP contribution in [-0.2, 0) is 0 Å². The van der Waals surface area contributed by atoms with Crippen LogP contribution >= 0.6 is 24.8 Å². The lowest BCUT2D eigenvalue weighted by molar-refractivity contribution is -0.253. The lowest BCUT2D eigenvalue weighted by Crippen LogP contribution is -2.45. The monoisotopic (exact) mass is 392 g/mol. The predicted molar refractivity (Wildman–Crippen MR) is 90.0 cm³/mol. The second-order valence-corrected chi connectivity index (χ2v) is 5.24. The highest BCUT2D eigenvalue weighted by molar-refractivity contribution is 5.85. The molecule has 0 bridgehead atoms. The molecule has 140 valence electrons. The maximum Gasteiger partial charge on any atom is 0.461 e. The summed E-state index contributed by atoms with van der Waals surface area (Å²) in [5.74, 6) is -0.260. The van der Waals surface area contributed by atoms with Gasteiger partial charge in [0.2, 0.25) is 0 Å². The summed E-state index contributed by atoms with van der Waals surface area (Å²) in [4.78, 5) is 2.32. The average molecular weight is 393 g/mol. The SMILES string of the molecule is CC[C@@H](c1ccc(OC(F)(F)C(F)F)cc1)N1CCNCC1.Cl.Cl. The summed E-state index contributed by atoms with van der Waals surface area (Å²) in [7, 11) is 0. The summed E-state index contributed by atoms with van der Waals surface area (Å²) < 4.78 is 54.0. The van der Waals surface area contributed by atoms with Crippen LogP contribution in [0.5, 0.6) is 5.75 Å². The van der Waals surface area contributed by atoms with Gasteiger partial charge in [-0.15, -0.1) is 24.8 Å². The Balaban J connectivity index is 0.00000264. The van der Waals surface area contributed by atoms with Gasteiger partial charge in [-0.25, -0.2) is 0 Å². The number of hydrogen-bond donors (Lipinski definition) is 1. The van der Waals surface area contributed by atoms with Crippen LogP contribution in [0.1, 0.15) is 24.9 Å². The molecule has 1 aliphatic heterocycles. The largest absolute Gasteiger partial charge is 0.461 e. The van der Waals surface area contributed by atoms with Crippen LogP contribution in [-0.4, -0.2) is 43.6 Å². The van der Waals surface area contributed by atoms with Crippen LogP contribution in [0.15, 0.2) is 24.3 Å². The van der Waals surface area contributed by atoms with Crippen LogP contribution in [0.4, 0.5) is 17.6 Å². The minimum atomic E-state index is -4.47. The lowest BCUT2D eigenvalue weighted by atomic mass is 10.0. The number of piperazine rings is 1. The zero-order valence-corrected chi connectivity index (χ0v) is 14.8. The fraction of sp³-hybridized carbons (Fsp3) is 0.600. The minimum Gasteiger partial charge on any atom is -0.428 e. The van der Waals surface area contributed by atoms with Crippen molar-refractivity contribution < 1.29 is 22.3 Å². The topological polar surface area (TPSA) is 24.5 Å². The quantitative estimate of drug-likeness (QED) is 0.736. The summed E-state index contributed by atoms with van der Waals surface area (Å²) in [6.07, 6.45) is -7.44. The summed E-state index contributed by atoms with van der Waals surface area (Å²) in [6.45, 7) is 5.72. The predicted octanol–water partition coefficient (Wildman–Crippen LogP) is 4.12. The summed E-state index contributed by atoms with van der Waals surface area (Å²) >= 11 is 0. The molecule has 0 aliphatic carbocycles. The molecule has 1 N–H and O–H groups in total. The first kappa shape index (κ1) is 23.2. The first-order valence-corrected chi connectivity index (χ1v) is 7.33. The Hall–Kier alpha value is -0.760. The van der Waals surface area contributed by atoms with E-state index in [4.69, 9.17) is 0 Å². The van der Waals surface area contributed by atoms with E-state index in [9.17, 15) is 17.6 Å². The molecular weight excluding hydrogens is 371 g/mol. The molecule has 24 heavy (non-hydrogen) atoms. The third kappa shape index (κ3) is 5.95. The van der Waals surface area contributed by atoms with E-state index in [1.807, 2.05) is 0 Å². The first-order valence-electron chi connectivity index (χ1n) is 7.33. The molecule has 1 aromatic carbocycles. The van der Waals surface area contributed by atoms with E-state index in [1.165, 1.54) is 12.1 Å². The van der Waals surface area contributed by atoms with Crippen LogP contribution in [0.3, 0.4) is 0 Å². The number of ether oxygens (including phenoxy) is 1. The van der Waals surface area contributed by atoms with E-state index < -0.39 is 12.5 Å². The Labute approximate surface area is 151 Å². The van der Waals surface area contributed by atoms with E-state index in [-0.39, 0.29) is 36.6 Å². The van der Waals surface area contributed by atoms with Gasteiger partial charge in [-0.05, 0) is 24.1 Å². The van der Waals surface area contributed by atoms with E-state index >= 15 is 0 Å². The number of hydrogen-bond acceptors (Lipinski definition) is 3. The molecular formula is C15H22Cl2F4N2O. The number of benzene rings is 1. The van der Waals surface area contributed by atoms with Crippen molar-refractivity contribution in [3.8, 4) is 5.75 Å². The van der Waals surface area contributed by atoms with Crippen LogP contribution in [0.25, 0.3) is 0 Å². The van der Waals surface area contributed by atoms with E-state index in [2.05, 4.69) is 21.9 Å². The Bertz CT molecular complexity index is 471. The van der Waals surface area contributed by atoms with Crippen LogP contribution in [0.2, 0.25) is 0 Å². The van der Waals surface area contributed by atoms with Gasteiger partial charge in [0.05, 0.1) is 0 Å². The van der Waals surface area contributed by atoms with Crippen molar-refractivity contribution in [1.82, 2.24) is 10.2 Å². The molecule has 1 aromatic rings. The molecule has 0 saturated carbocycles. The normalized spacial score (nSPS) is 16.9. The Kier molecular flexibility index (Phi) is 9.96. The Morgan fingerprint density at radius 3 is 2.12 bits per heavy atom. The smallest absolute Gasteiger partial charge is 0.428 e. The highest BCUT2D eigenvalue weighted by atomic mass is 35.5. The van der Waals surface area contributed by atoms with Gasteiger partial charge >= 0.3 is 12.5 Å². The van der Waals surface area contributed by atoms with Gasteiger partial charge in [0.15, 0.2) is 0 Å². The molecule has 1 saturated heterocycles. The van der Waals surface area contributed by atoms with Gasteiger partial charge in [-0.3, -0.25) is 4.90 Å². The molecule has 0 spiro atoms. The molecule has 1 aliphatic rings. The second-order valence-electron chi connectivity index (χ2n) is 5.24. The second kappa shape index (κ2) is 10.3. The minimum absolute atomic E-state index is 0. The van der Waals surface area contributed by atoms with Crippen LogP contribution in [0, 0.1) is 0 Å². The molecule has 1 fully saturated rings. The maximum atomic E-state index is 12.9. The fourth-order valence-corrected chi connectivity index (χ4v) is 2.66. The van der Waals surface area contributed by atoms with Crippen molar-refractivity contribution in [2.75, 3.05) is 26.2 Å². The molecule has 9 heteroatoms. The van der Waals surface area contributed by atoms with Gasteiger partial charge in [0.1, 0.15) is 5.75 Å². The molecule has 0 unspecified atom stereocenters. The zero-order chi connectivity index (χ0) is 16.2. The average Bonchev–Trinajstić information content (AvgIpc) is 2.50. The number of halogens is 6. The van der Waals surface area contributed by atoms with E-state index in [1.54, 1.807) is 12.1 Å². The van der Waals surface area contributed by atoms with Crippen molar-refractivity contribution in [1.29, 1.82) is 0 Å². The number of rotatable bonds is 6. The standard InChI is InChI=1S/C15H20F4N2O.2ClH/c1-2-13(21-9-7-20-8-10-21)11-3-5-12(6-4-11)22-15(18,19)14(16)17;;/h3-6,13-14,20H,2,7-10H2,1H3;2*1H/t13-;;/m0../s1. The molecule has 1 atom stereocenters. The number of nitrogens with zero attached hydrogens (tertiary/aromatic N) is 1. The third-order valence-electron chi connectivity index (χ3n) is 3.75. The fourth-order valence-electron chi connectivity index (χ4n) is 2.66. The summed E-state index contributed by atoms with van der Waals surface area (Å²) in [6, 6.07) is 6.14. The van der Waals surface area contributed by atoms with Gasteiger partial charge < -0.3 is 10.1 Å². The molecule has 2 rings (SSSR count). The lowest BCUT2D eigenvalue weighted by Gasteiger charge is -2.34.